The van der Waals surface area contributed by atoms with Gasteiger partial charge in [-0.25, -0.2) is 4.98 Å². The first-order chi connectivity index (χ1) is 13.5. The van der Waals surface area contributed by atoms with Crippen LogP contribution in [0.15, 0.2) is 41.6 Å². The highest BCUT2D eigenvalue weighted by atomic mass is 16.7. The molecule has 2 aliphatic heterocycles. The number of anilines is 2. The summed E-state index contributed by atoms with van der Waals surface area (Å²) in [6.07, 6.45) is 1.80. The van der Waals surface area contributed by atoms with Crippen LogP contribution in [0.5, 0.6) is 0 Å². The summed E-state index contributed by atoms with van der Waals surface area (Å²) in [6, 6.07) is 9.85. The Morgan fingerprint density at radius 1 is 1.14 bits per heavy atom. The lowest BCUT2D eigenvalue weighted by Gasteiger charge is -2.34. The summed E-state index contributed by atoms with van der Waals surface area (Å²) in [5, 5.41) is 3.96. The monoisotopic (exact) mass is 381 g/mol. The predicted molar refractivity (Wildman–Crippen MR) is 106 cm³/mol. The number of piperidine rings is 1. The van der Waals surface area contributed by atoms with Crippen molar-refractivity contribution in [1.82, 2.24) is 4.98 Å². The van der Waals surface area contributed by atoms with Gasteiger partial charge in [0.15, 0.2) is 0 Å². The molecular formula is C21H23N3O4. The van der Waals surface area contributed by atoms with Crippen LogP contribution in [0.4, 0.5) is 11.5 Å². The fraction of sp³-hybridized carbons (Fsp3) is 0.381. The molecule has 1 aromatic carbocycles. The van der Waals surface area contributed by atoms with E-state index < -0.39 is 18.4 Å². The Balaban J connectivity index is 1.74. The summed E-state index contributed by atoms with van der Waals surface area (Å²) in [4.78, 5) is 30.0. The SMILES string of the molecule is CC(C)=C1CCCCN1c1cc(NC2OC(=O)CC(=O)O2)nc2ccccc12. The van der Waals surface area contributed by atoms with Gasteiger partial charge in [0, 0.05) is 23.7 Å². The van der Waals surface area contributed by atoms with Crippen molar-refractivity contribution in [3.05, 3.63) is 41.6 Å². The van der Waals surface area contributed by atoms with Gasteiger partial charge in [0.1, 0.15) is 12.2 Å². The van der Waals surface area contributed by atoms with Crippen LogP contribution >= 0.6 is 0 Å². The average Bonchev–Trinajstić information content (AvgIpc) is 2.66. The number of nitrogens with zero attached hydrogens (tertiary/aromatic N) is 2. The van der Waals surface area contributed by atoms with Crippen molar-refractivity contribution >= 4 is 34.3 Å². The number of ether oxygens (including phenoxy) is 2. The number of allylic oxidation sites excluding steroid dienone is 2. The summed E-state index contributed by atoms with van der Waals surface area (Å²) >= 11 is 0. The maximum atomic E-state index is 11.5. The first-order valence-corrected chi connectivity index (χ1v) is 9.50. The molecule has 7 nitrogen and oxygen atoms in total. The number of rotatable bonds is 3. The zero-order valence-electron chi connectivity index (χ0n) is 16.0. The van der Waals surface area contributed by atoms with Crippen LogP contribution < -0.4 is 10.2 Å². The van der Waals surface area contributed by atoms with Gasteiger partial charge >= 0.3 is 18.4 Å². The Labute approximate surface area is 163 Å². The summed E-state index contributed by atoms with van der Waals surface area (Å²) < 4.78 is 10.1. The van der Waals surface area contributed by atoms with Gasteiger partial charge in [0.25, 0.3) is 0 Å². The largest absolute Gasteiger partial charge is 0.406 e. The second kappa shape index (κ2) is 7.50. The number of carbonyl (C=O) groups is 2. The van der Waals surface area contributed by atoms with Crippen molar-refractivity contribution < 1.29 is 19.1 Å². The van der Waals surface area contributed by atoms with E-state index in [0.29, 0.717) is 5.82 Å². The standard InChI is InChI=1S/C21H23N3O4/c1-13(2)16-9-5-6-10-24(16)17-11-18(22-15-8-4-3-7-14(15)17)23-21-27-19(25)12-20(26)28-21/h3-4,7-8,11,21H,5-6,9-10,12H2,1-2H3,(H,22,23). The molecule has 28 heavy (non-hydrogen) atoms. The third-order valence-corrected chi connectivity index (χ3v) is 4.96. The molecule has 0 bridgehead atoms. The van der Waals surface area contributed by atoms with E-state index >= 15 is 0 Å². The van der Waals surface area contributed by atoms with Gasteiger partial charge in [0.2, 0.25) is 0 Å². The molecule has 1 N–H and O–H groups in total. The summed E-state index contributed by atoms with van der Waals surface area (Å²) in [5.74, 6) is -0.741. The number of hydrogen-bond donors (Lipinski definition) is 1. The van der Waals surface area contributed by atoms with Gasteiger partial charge in [-0.3, -0.25) is 9.59 Å². The van der Waals surface area contributed by atoms with Gasteiger partial charge < -0.3 is 19.7 Å². The highest BCUT2D eigenvalue weighted by Crippen LogP contribution is 2.35. The van der Waals surface area contributed by atoms with Gasteiger partial charge in [0.05, 0.1) is 11.2 Å². The normalized spacial score (nSPS) is 18.1. The molecule has 7 heteroatoms. The average molecular weight is 381 g/mol. The van der Waals surface area contributed by atoms with Crippen LogP contribution in [0.1, 0.15) is 39.5 Å². The number of esters is 2. The van der Waals surface area contributed by atoms with E-state index in [1.54, 1.807) is 0 Å². The highest BCUT2D eigenvalue weighted by Gasteiger charge is 2.28. The molecule has 0 unspecified atom stereocenters. The fourth-order valence-electron chi connectivity index (χ4n) is 3.72. The quantitative estimate of drug-likeness (QED) is 0.641. The minimum absolute atomic E-state index is 0.369. The molecule has 0 radical (unpaired) electrons. The first kappa shape index (κ1) is 18.3. The van der Waals surface area contributed by atoms with E-state index in [-0.39, 0.29) is 6.42 Å². The van der Waals surface area contributed by atoms with Crippen LogP contribution in [-0.4, -0.2) is 29.9 Å². The van der Waals surface area contributed by atoms with E-state index in [0.717, 1.165) is 36.0 Å². The molecule has 3 heterocycles. The molecule has 2 aromatic rings. The lowest BCUT2D eigenvalue weighted by molar-refractivity contribution is -0.197. The van der Waals surface area contributed by atoms with Gasteiger partial charge in [-0.05, 0) is 39.2 Å². The van der Waals surface area contributed by atoms with Crippen molar-refractivity contribution in [2.75, 3.05) is 16.8 Å². The molecule has 0 aliphatic carbocycles. The zero-order chi connectivity index (χ0) is 19.7. The topological polar surface area (TPSA) is 80.8 Å². The Hall–Kier alpha value is -3.09. The van der Waals surface area contributed by atoms with E-state index in [9.17, 15) is 9.59 Å². The molecule has 4 rings (SSSR count). The van der Waals surface area contributed by atoms with Gasteiger partial charge in [-0.2, -0.15) is 0 Å². The molecular weight excluding hydrogens is 358 g/mol. The summed E-state index contributed by atoms with van der Waals surface area (Å²) in [7, 11) is 0. The van der Waals surface area contributed by atoms with Crippen molar-refractivity contribution in [1.29, 1.82) is 0 Å². The number of pyridine rings is 1. The lowest BCUT2D eigenvalue weighted by atomic mass is 10.0. The number of aromatic nitrogens is 1. The Bertz CT molecular complexity index is 949. The van der Waals surface area contributed by atoms with E-state index in [1.165, 1.54) is 17.7 Å². The maximum Gasteiger partial charge on any atom is 0.330 e. The molecule has 2 saturated heterocycles. The van der Waals surface area contributed by atoms with Crippen LogP contribution in [-0.2, 0) is 19.1 Å². The second-order valence-corrected chi connectivity index (χ2v) is 7.23. The molecule has 1 aromatic heterocycles. The van der Waals surface area contributed by atoms with Crippen LogP contribution in [0.25, 0.3) is 10.9 Å². The Kier molecular flexibility index (Phi) is 4.90. The number of carbonyl (C=O) groups excluding carboxylic acids is 2. The molecule has 0 spiro atoms. The lowest BCUT2D eigenvalue weighted by Crippen LogP contribution is -2.38. The minimum Gasteiger partial charge on any atom is -0.406 e. The number of fused-ring (bicyclic) bond motifs is 1. The van der Waals surface area contributed by atoms with Crippen LogP contribution in [0.2, 0.25) is 0 Å². The molecule has 146 valence electrons. The van der Waals surface area contributed by atoms with Gasteiger partial charge in [-0.15, -0.1) is 0 Å². The number of benzene rings is 1. The summed E-state index contributed by atoms with van der Waals surface area (Å²) in [6.45, 7) is 5.20. The van der Waals surface area contributed by atoms with Crippen molar-refractivity contribution in [3.63, 3.8) is 0 Å². The molecule has 2 aliphatic rings. The maximum absolute atomic E-state index is 11.5. The van der Waals surface area contributed by atoms with Crippen molar-refractivity contribution in [3.8, 4) is 0 Å². The summed E-state index contributed by atoms with van der Waals surface area (Å²) in [5.41, 5.74) is 4.47. The Morgan fingerprint density at radius 3 is 2.64 bits per heavy atom. The second-order valence-electron chi connectivity index (χ2n) is 7.23. The molecule has 2 fully saturated rings. The third kappa shape index (κ3) is 3.65. The fourth-order valence-corrected chi connectivity index (χ4v) is 3.72. The van der Waals surface area contributed by atoms with E-state index in [1.807, 2.05) is 24.3 Å². The third-order valence-electron chi connectivity index (χ3n) is 4.96. The van der Waals surface area contributed by atoms with E-state index in [4.69, 9.17) is 9.47 Å². The number of hydrogen-bond acceptors (Lipinski definition) is 7. The number of cyclic esters (lactones) is 2. The van der Waals surface area contributed by atoms with Crippen molar-refractivity contribution in [2.24, 2.45) is 0 Å². The number of para-hydroxylation sites is 1. The minimum atomic E-state index is -1.17. The smallest absolute Gasteiger partial charge is 0.330 e. The first-order valence-electron chi connectivity index (χ1n) is 9.50. The predicted octanol–water partition coefficient (Wildman–Crippen LogP) is 3.70. The van der Waals surface area contributed by atoms with Crippen LogP contribution in [0.3, 0.4) is 0 Å². The number of nitrogens with one attached hydrogen (secondary N) is 1. The molecule has 0 saturated carbocycles. The van der Waals surface area contributed by atoms with Crippen LogP contribution in [0, 0.1) is 0 Å². The molecule has 0 atom stereocenters. The molecule has 0 amide bonds. The highest BCUT2D eigenvalue weighted by molar-refractivity contribution is 5.95. The van der Waals surface area contributed by atoms with Gasteiger partial charge in [-0.1, -0.05) is 23.8 Å². The van der Waals surface area contributed by atoms with Crippen molar-refractivity contribution in [2.45, 2.75) is 45.9 Å². The van der Waals surface area contributed by atoms with E-state index in [2.05, 4.69) is 35.1 Å². The Morgan fingerprint density at radius 2 is 1.89 bits per heavy atom. The zero-order valence-corrected chi connectivity index (χ0v) is 16.0.